The molecule has 2 rings (SSSR count). The largest absolute Gasteiger partial charge is 0.480 e. The van der Waals surface area contributed by atoms with E-state index in [0.29, 0.717) is 18.7 Å². The van der Waals surface area contributed by atoms with Gasteiger partial charge in [0.15, 0.2) is 0 Å². The zero-order valence-electron chi connectivity index (χ0n) is 11.6. The number of rotatable bonds is 4. The molecule has 1 heterocycles. The molecule has 1 aliphatic rings. The van der Waals surface area contributed by atoms with Gasteiger partial charge in [0.25, 0.3) is 0 Å². The molecule has 1 aliphatic heterocycles. The fourth-order valence-electron chi connectivity index (χ4n) is 2.51. The van der Waals surface area contributed by atoms with Crippen LogP contribution < -0.4 is 5.32 Å². The number of carboxylic acids is 1. The van der Waals surface area contributed by atoms with Crippen molar-refractivity contribution in [2.24, 2.45) is 0 Å². The van der Waals surface area contributed by atoms with Crippen molar-refractivity contribution in [2.45, 2.75) is 38.6 Å². The topological polar surface area (TPSA) is 69.6 Å². The maximum absolute atomic E-state index is 12.1. The third-order valence-electron chi connectivity index (χ3n) is 3.54. The summed E-state index contributed by atoms with van der Waals surface area (Å²) in [6.45, 7) is 2.62. The van der Waals surface area contributed by atoms with Crippen molar-refractivity contribution in [3.05, 3.63) is 29.8 Å². The lowest BCUT2D eigenvalue weighted by atomic mass is 10.1. The highest BCUT2D eigenvalue weighted by Crippen LogP contribution is 2.19. The Hall–Kier alpha value is -2.04. The zero-order valence-corrected chi connectivity index (χ0v) is 11.6. The maximum Gasteiger partial charge on any atom is 0.326 e. The van der Waals surface area contributed by atoms with Crippen molar-refractivity contribution in [1.29, 1.82) is 0 Å². The van der Waals surface area contributed by atoms with Crippen molar-refractivity contribution >= 4 is 17.7 Å². The van der Waals surface area contributed by atoms with E-state index in [9.17, 15) is 9.59 Å². The molecule has 1 aromatic carbocycles. The molecule has 2 N–H and O–H groups in total. The van der Waals surface area contributed by atoms with Gasteiger partial charge in [-0.1, -0.05) is 25.5 Å². The number of nitrogens with zero attached hydrogens (tertiary/aromatic N) is 1. The van der Waals surface area contributed by atoms with E-state index < -0.39 is 12.0 Å². The number of nitrogens with one attached hydrogen (secondary N) is 1. The fourth-order valence-corrected chi connectivity index (χ4v) is 2.51. The van der Waals surface area contributed by atoms with Crippen LogP contribution in [-0.4, -0.2) is 34.6 Å². The van der Waals surface area contributed by atoms with Gasteiger partial charge in [-0.3, -0.25) is 0 Å². The molecule has 0 spiro atoms. The molecule has 20 heavy (non-hydrogen) atoms. The third-order valence-corrected chi connectivity index (χ3v) is 3.54. The molecule has 2 amide bonds. The molecule has 0 aromatic heterocycles. The van der Waals surface area contributed by atoms with E-state index in [1.54, 1.807) is 0 Å². The summed E-state index contributed by atoms with van der Waals surface area (Å²) in [5.74, 6) is -0.934. The first kappa shape index (κ1) is 14.4. The molecule has 0 radical (unpaired) electrons. The Bertz CT molecular complexity index is 484. The monoisotopic (exact) mass is 276 g/mol. The number of benzene rings is 1. The molecule has 1 saturated heterocycles. The van der Waals surface area contributed by atoms with Crippen LogP contribution in [-0.2, 0) is 11.2 Å². The first-order valence-electron chi connectivity index (χ1n) is 7.01. The van der Waals surface area contributed by atoms with E-state index in [0.717, 1.165) is 19.3 Å². The van der Waals surface area contributed by atoms with Gasteiger partial charge in [0.2, 0.25) is 0 Å². The van der Waals surface area contributed by atoms with E-state index in [4.69, 9.17) is 5.11 Å². The number of carbonyl (C=O) groups excluding carboxylic acids is 1. The number of carbonyl (C=O) groups is 2. The van der Waals surface area contributed by atoms with E-state index in [1.807, 2.05) is 24.3 Å². The van der Waals surface area contributed by atoms with Crippen LogP contribution in [0.2, 0.25) is 0 Å². The highest BCUT2D eigenvalue weighted by Gasteiger charge is 2.33. The first-order valence-corrected chi connectivity index (χ1v) is 7.01. The summed E-state index contributed by atoms with van der Waals surface area (Å²) < 4.78 is 0. The molecule has 1 aromatic rings. The summed E-state index contributed by atoms with van der Waals surface area (Å²) >= 11 is 0. The van der Waals surface area contributed by atoms with Crippen LogP contribution in [0, 0.1) is 0 Å². The molecule has 108 valence electrons. The number of hydrogen-bond donors (Lipinski definition) is 2. The van der Waals surface area contributed by atoms with Gasteiger partial charge in [-0.25, -0.2) is 9.59 Å². The Labute approximate surface area is 118 Å². The number of urea groups is 1. The number of aryl methyl sites for hydroxylation is 1. The lowest BCUT2D eigenvalue weighted by Crippen LogP contribution is -2.42. The highest BCUT2D eigenvalue weighted by molar-refractivity contribution is 5.92. The van der Waals surface area contributed by atoms with Gasteiger partial charge in [-0.15, -0.1) is 0 Å². The second-order valence-electron chi connectivity index (χ2n) is 5.07. The van der Waals surface area contributed by atoms with Gasteiger partial charge in [0.05, 0.1) is 0 Å². The van der Waals surface area contributed by atoms with Crippen molar-refractivity contribution in [3.8, 4) is 0 Å². The smallest absolute Gasteiger partial charge is 0.326 e. The molecule has 0 saturated carbocycles. The minimum atomic E-state index is -0.934. The summed E-state index contributed by atoms with van der Waals surface area (Å²) in [7, 11) is 0. The van der Waals surface area contributed by atoms with Crippen LogP contribution in [0.3, 0.4) is 0 Å². The molecule has 5 nitrogen and oxygen atoms in total. The van der Waals surface area contributed by atoms with Crippen molar-refractivity contribution in [2.75, 3.05) is 11.9 Å². The predicted octanol–water partition coefficient (Wildman–Crippen LogP) is 2.72. The number of hydrogen-bond acceptors (Lipinski definition) is 2. The molecule has 1 atom stereocenters. The van der Waals surface area contributed by atoms with Gasteiger partial charge in [0, 0.05) is 12.2 Å². The lowest BCUT2D eigenvalue weighted by Gasteiger charge is -2.21. The molecule has 1 fully saturated rings. The molecular weight excluding hydrogens is 256 g/mol. The molecule has 5 heteroatoms. The number of likely N-dealkylation sites (tertiary alicyclic amines) is 1. The molecular formula is C15H20N2O3. The zero-order chi connectivity index (χ0) is 14.5. The van der Waals surface area contributed by atoms with Gasteiger partial charge >= 0.3 is 12.0 Å². The van der Waals surface area contributed by atoms with Crippen LogP contribution in [0.25, 0.3) is 0 Å². The minimum absolute atomic E-state index is 0.335. The van der Waals surface area contributed by atoms with Crippen LogP contribution in [0.5, 0.6) is 0 Å². The van der Waals surface area contributed by atoms with Crippen LogP contribution >= 0.6 is 0 Å². The minimum Gasteiger partial charge on any atom is -0.480 e. The maximum atomic E-state index is 12.1. The van der Waals surface area contributed by atoms with Crippen LogP contribution in [0.1, 0.15) is 31.7 Å². The fraction of sp³-hybridized carbons (Fsp3) is 0.467. The standard InChI is InChI=1S/C15H20N2O3/c1-2-4-11-6-8-12(9-7-11)16-15(20)17-10-3-5-13(17)14(18)19/h6-9,13H,2-5,10H2,1H3,(H,16,20)(H,18,19)/t13-/m0/s1. The van der Waals surface area contributed by atoms with Crippen molar-refractivity contribution in [1.82, 2.24) is 4.90 Å². The summed E-state index contributed by atoms with van der Waals surface area (Å²) in [5.41, 5.74) is 1.93. The number of amides is 2. The summed E-state index contributed by atoms with van der Waals surface area (Å²) in [4.78, 5) is 24.5. The van der Waals surface area contributed by atoms with E-state index >= 15 is 0 Å². The van der Waals surface area contributed by atoms with Gasteiger partial charge < -0.3 is 15.3 Å². The Morgan fingerprint density at radius 2 is 2.05 bits per heavy atom. The van der Waals surface area contributed by atoms with Gasteiger partial charge in [-0.2, -0.15) is 0 Å². The molecule has 0 aliphatic carbocycles. The van der Waals surface area contributed by atoms with Crippen molar-refractivity contribution in [3.63, 3.8) is 0 Å². The number of anilines is 1. The van der Waals surface area contributed by atoms with Gasteiger partial charge in [0.1, 0.15) is 6.04 Å². The third kappa shape index (κ3) is 3.29. The van der Waals surface area contributed by atoms with Crippen LogP contribution in [0.15, 0.2) is 24.3 Å². The lowest BCUT2D eigenvalue weighted by molar-refractivity contribution is -0.141. The van der Waals surface area contributed by atoms with Gasteiger partial charge in [-0.05, 0) is 37.0 Å². The average Bonchev–Trinajstić information content (AvgIpc) is 2.91. The Morgan fingerprint density at radius 1 is 1.35 bits per heavy atom. The Balaban J connectivity index is 1.98. The normalized spacial score (nSPS) is 18.1. The quantitative estimate of drug-likeness (QED) is 0.888. The Kier molecular flexibility index (Phi) is 4.61. The van der Waals surface area contributed by atoms with E-state index in [2.05, 4.69) is 12.2 Å². The summed E-state index contributed by atoms with van der Waals surface area (Å²) in [6.07, 6.45) is 3.36. The van der Waals surface area contributed by atoms with E-state index in [1.165, 1.54) is 10.5 Å². The number of carboxylic acid groups (broad SMARTS) is 1. The summed E-state index contributed by atoms with van der Waals surface area (Å²) in [6, 6.07) is 6.64. The average molecular weight is 276 g/mol. The van der Waals surface area contributed by atoms with E-state index in [-0.39, 0.29) is 6.03 Å². The SMILES string of the molecule is CCCc1ccc(NC(=O)N2CCC[C@H]2C(=O)O)cc1. The van der Waals surface area contributed by atoms with Crippen LogP contribution in [0.4, 0.5) is 10.5 Å². The number of aliphatic carboxylic acids is 1. The van der Waals surface area contributed by atoms with Crippen molar-refractivity contribution < 1.29 is 14.7 Å². The molecule has 0 bridgehead atoms. The molecule has 0 unspecified atom stereocenters. The first-order chi connectivity index (χ1) is 9.61. The Morgan fingerprint density at radius 3 is 2.65 bits per heavy atom. The second kappa shape index (κ2) is 6.41. The highest BCUT2D eigenvalue weighted by atomic mass is 16.4. The summed E-state index contributed by atoms with van der Waals surface area (Å²) in [5, 5.41) is 11.8. The predicted molar refractivity (Wildman–Crippen MR) is 76.8 cm³/mol. The second-order valence-corrected chi connectivity index (χ2v) is 5.07.